The SMILES string of the molecule is COc1cccc(N2C[C@]34C=C[C@@H](O3)[C@@H](C(=O)Nc3ccc(C(C)C)cc3)[C@@H]4C2=O)c1. The van der Waals surface area contributed by atoms with Crippen molar-refractivity contribution in [2.45, 2.75) is 31.5 Å². The number of anilines is 2. The van der Waals surface area contributed by atoms with Crippen LogP contribution < -0.4 is 15.0 Å². The summed E-state index contributed by atoms with van der Waals surface area (Å²) in [7, 11) is 1.60. The Morgan fingerprint density at radius 3 is 2.71 bits per heavy atom. The third-order valence-corrected chi connectivity index (χ3v) is 6.61. The molecule has 0 radical (unpaired) electrons. The molecule has 6 nitrogen and oxygen atoms in total. The van der Waals surface area contributed by atoms with E-state index >= 15 is 0 Å². The minimum atomic E-state index is -0.756. The van der Waals surface area contributed by atoms with Gasteiger partial charge in [-0.05, 0) is 35.7 Å². The molecule has 6 heteroatoms. The fourth-order valence-electron chi connectivity index (χ4n) is 4.97. The standard InChI is InChI=1S/C25H26N2O4/c1-15(2)16-7-9-17(10-8-16)26-23(28)21-20-11-12-25(31-20)14-27(24(29)22(21)25)18-5-4-6-19(13-18)30-3/h4-13,15,20-22H,14H2,1-3H3,(H,26,28)/t20-,21-,22-,25+/m1/s1. The molecule has 2 saturated heterocycles. The van der Waals surface area contributed by atoms with Gasteiger partial charge in [0.05, 0.1) is 31.6 Å². The minimum Gasteiger partial charge on any atom is -0.497 e. The van der Waals surface area contributed by atoms with Crippen LogP contribution in [0.1, 0.15) is 25.3 Å². The largest absolute Gasteiger partial charge is 0.497 e. The molecule has 1 spiro atoms. The quantitative estimate of drug-likeness (QED) is 0.751. The molecule has 1 N–H and O–H groups in total. The first-order valence-electron chi connectivity index (χ1n) is 10.7. The maximum Gasteiger partial charge on any atom is 0.234 e. The molecule has 31 heavy (non-hydrogen) atoms. The fourth-order valence-corrected chi connectivity index (χ4v) is 4.97. The maximum atomic E-state index is 13.4. The van der Waals surface area contributed by atoms with Crippen molar-refractivity contribution in [1.82, 2.24) is 0 Å². The van der Waals surface area contributed by atoms with Crippen LogP contribution in [0.4, 0.5) is 11.4 Å². The zero-order chi connectivity index (χ0) is 21.8. The lowest BCUT2D eigenvalue weighted by molar-refractivity contribution is -0.128. The molecule has 2 fully saturated rings. The number of fused-ring (bicyclic) bond motifs is 1. The van der Waals surface area contributed by atoms with E-state index in [0.29, 0.717) is 18.2 Å². The van der Waals surface area contributed by atoms with Gasteiger partial charge in [0.2, 0.25) is 11.8 Å². The maximum absolute atomic E-state index is 13.4. The molecule has 2 aromatic carbocycles. The van der Waals surface area contributed by atoms with Gasteiger partial charge in [-0.2, -0.15) is 0 Å². The van der Waals surface area contributed by atoms with E-state index in [2.05, 4.69) is 19.2 Å². The normalized spacial score (nSPS) is 28.3. The highest BCUT2D eigenvalue weighted by Gasteiger charge is 2.67. The monoisotopic (exact) mass is 418 g/mol. The number of hydrogen-bond donors (Lipinski definition) is 1. The van der Waals surface area contributed by atoms with E-state index in [-0.39, 0.29) is 17.9 Å². The zero-order valence-corrected chi connectivity index (χ0v) is 17.9. The Labute approximate surface area is 181 Å². The average Bonchev–Trinajstić information content (AvgIpc) is 3.42. The van der Waals surface area contributed by atoms with Gasteiger partial charge < -0.3 is 19.7 Å². The molecule has 0 saturated carbocycles. The van der Waals surface area contributed by atoms with Crippen LogP contribution in [0, 0.1) is 11.8 Å². The van der Waals surface area contributed by atoms with Gasteiger partial charge in [-0.15, -0.1) is 0 Å². The first-order valence-corrected chi connectivity index (χ1v) is 10.7. The van der Waals surface area contributed by atoms with Gasteiger partial charge in [0.25, 0.3) is 0 Å². The summed E-state index contributed by atoms with van der Waals surface area (Å²) in [4.78, 5) is 28.4. The van der Waals surface area contributed by atoms with Crippen molar-refractivity contribution in [3.63, 3.8) is 0 Å². The van der Waals surface area contributed by atoms with Crippen molar-refractivity contribution in [1.29, 1.82) is 0 Å². The van der Waals surface area contributed by atoms with Gasteiger partial charge in [-0.1, -0.05) is 44.2 Å². The summed E-state index contributed by atoms with van der Waals surface area (Å²) in [6.07, 6.45) is 3.50. The van der Waals surface area contributed by atoms with E-state index < -0.39 is 17.4 Å². The van der Waals surface area contributed by atoms with Crippen molar-refractivity contribution in [3.05, 3.63) is 66.2 Å². The Kier molecular flexibility index (Phi) is 4.63. The molecule has 5 rings (SSSR count). The number of ether oxygens (including phenoxy) is 2. The molecule has 2 bridgehead atoms. The van der Waals surface area contributed by atoms with Crippen LogP contribution in [0.2, 0.25) is 0 Å². The van der Waals surface area contributed by atoms with Gasteiger partial charge in [0.15, 0.2) is 0 Å². The topological polar surface area (TPSA) is 67.9 Å². The summed E-state index contributed by atoms with van der Waals surface area (Å²) < 4.78 is 11.5. The first kappa shape index (κ1) is 19.8. The molecule has 4 atom stereocenters. The predicted molar refractivity (Wildman–Crippen MR) is 118 cm³/mol. The van der Waals surface area contributed by atoms with Crippen LogP contribution in [-0.4, -0.2) is 37.2 Å². The number of methoxy groups -OCH3 is 1. The smallest absolute Gasteiger partial charge is 0.234 e. The Morgan fingerprint density at radius 1 is 1.23 bits per heavy atom. The van der Waals surface area contributed by atoms with E-state index in [1.165, 1.54) is 5.56 Å². The second-order valence-electron chi connectivity index (χ2n) is 8.79. The molecular weight excluding hydrogens is 392 g/mol. The Morgan fingerprint density at radius 2 is 2.00 bits per heavy atom. The number of rotatable bonds is 5. The summed E-state index contributed by atoms with van der Waals surface area (Å²) in [6, 6.07) is 15.3. The number of carbonyl (C=O) groups is 2. The Balaban J connectivity index is 1.39. The molecule has 3 aliphatic rings. The zero-order valence-electron chi connectivity index (χ0n) is 17.9. The second kappa shape index (κ2) is 7.24. The van der Waals surface area contributed by atoms with E-state index in [1.807, 2.05) is 60.7 Å². The van der Waals surface area contributed by atoms with E-state index in [1.54, 1.807) is 12.0 Å². The van der Waals surface area contributed by atoms with Gasteiger partial charge in [-0.25, -0.2) is 0 Å². The van der Waals surface area contributed by atoms with Gasteiger partial charge in [0.1, 0.15) is 11.4 Å². The van der Waals surface area contributed by atoms with E-state index in [9.17, 15) is 9.59 Å². The second-order valence-corrected chi connectivity index (χ2v) is 8.79. The highest BCUT2D eigenvalue weighted by molar-refractivity contribution is 6.05. The molecular formula is C25H26N2O4. The van der Waals surface area contributed by atoms with Crippen molar-refractivity contribution in [2.24, 2.45) is 11.8 Å². The van der Waals surface area contributed by atoms with Crippen molar-refractivity contribution < 1.29 is 19.1 Å². The summed E-state index contributed by atoms with van der Waals surface area (Å²) in [5.41, 5.74) is 1.93. The molecule has 0 aliphatic carbocycles. The molecule has 2 amide bonds. The van der Waals surface area contributed by atoms with Crippen LogP contribution in [0.5, 0.6) is 5.75 Å². The third-order valence-electron chi connectivity index (χ3n) is 6.61. The van der Waals surface area contributed by atoms with Crippen LogP contribution >= 0.6 is 0 Å². The third kappa shape index (κ3) is 3.13. The molecule has 0 unspecified atom stereocenters. The van der Waals surface area contributed by atoms with Crippen LogP contribution in [0.3, 0.4) is 0 Å². The molecule has 160 valence electrons. The number of nitrogens with zero attached hydrogens (tertiary/aromatic N) is 1. The predicted octanol–water partition coefficient (Wildman–Crippen LogP) is 3.74. The Hall–Kier alpha value is -3.12. The summed E-state index contributed by atoms with van der Waals surface area (Å²) in [6.45, 7) is 4.65. The van der Waals surface area contributed by atoms with Crippen molar-refractivity contribution in [3.8, 4) is 5.75 Å². The summed E-state index contributed by atoms with van der Waals surface area (Å²) in [5, 5.41) is 2.99. The van der Waals surface area contributed by atoms with E-state index in [4.69, 9.17) is 9.47 Å². The van der Waals surface area contributed by atoms with Crippen LogP contribution in [0.25, 0.3) is 0 Å². The summed E-state index contributed by atoms with van der Waals surface area (Å²) in [5.74, 6) is -0.261. The van der Waals surface area contributed by atoms with Crippen LogP contribution in [-0.2, 0) is 14.3 Å². The molecule has 3 aliphatic heterocycles. The number of nitrogens with one attached hydrogen (secondary N) is 1. The highest BCUT2D eigenvalue weighted by atomic mass is 16.5. The Bertz CT molecular complexity index is 1060. The highest BCUT2D eigenvalue weighted by Crippen LogP contribution is 2.53. The van der Waals surface area contributed by atoms with Gasteiger partial charge >= 0.3 is 0 Å². The van der Waals surface area contributed by atoms with Crippen molar-refractivity contribution >= 4 is 23.2 Å². The van der Waals surface area contributed by atoms with Gasteiger partial charge in [0, 0.05) is 17.4 Å². The lowest BCUT2D eigenvalue weighted by atomic mass is 9.76. The van der Waals surface area contributed by atoms with E-state index in [0.717, 1.165) is 11.4 Å². The summed E-state index contributed by atoms with van der Waals surface area (Å²) >= 11 is 0. The first-order chi connectivity index (χ1) is 14.9. The molecule has 2 aromatic rings. The lowest BCUT2D eigenvalue weighted by Gasteiger charge is -2.23. The fraction of sp³-hybridized carbons (Fsp3) is 0.360. The number of amides is 2. The molecule has 3 heterocycles. The number of hydrogen-bond acceptors (Lipinski definition) is 4. The number of carbonyl (C=O) groups excluding carboxylic acids is 2. The number of benzene rings is 2. The molecule has 0 aromatic heterocycles. The average molecular weight is 418 g/mol. The minimum absolute atomic E-state index is 0.0876. The van der Waals surface area contributed by atoms with Crippen LogP contribution in [0.15, 0.2) is 60.7 Å². The van der Waals surface area contributed by atoms with Gasteiger partial charge in [-0.3, -0.25) is 9.59 Å². The lowest BCUT2D eigenvalue weighted by Crippen LogP contribution is -2.41. The van der Waals surface area contributed by atoms with Crippen molar-refractivity contribution in [2.75, 3.05) is 23.9 Å².